The summed E-state index contributed by atoms with van der Waals surface area (Å²) in [4.78, 5) is 18.0. The molecular weight excluding hydrogens is 408 g/mol. The van der Waals surface area contributed by atoms with Crippen LogP contribution in [0, 0.1) is 6.92 Å². The van der Waals surface area contributed by atoms with Gasteiger partial charge in [0, 0.05) is 5.56 Å². The molecule has 0 aliphatic carbocycles. The van der Waals surface area contributed by atoms with E-state index < -0.39 is 0 Å². The summed E-state index contributed by atoms with van der Waals surface area (Å²) in [7, 11) is 0. The quantitative estimate of drug-likeness (QED) is 0.290. The van der Waals surface area contributed by atoms with E-state index in [9.17, 15) is 4.79 Å². The Morgan fingerprint density at radius 2 is 1.65 bits per heavy atom. The number of aryl methyl sites for hydroxylation is 1. The second kappa shape index (κ2) is 8.20. The summed E-state index contributed by atoms with van der Waals surface area (Å²) in [6.07, 6.45) is 0. The van der Waals surface area contributed by atoms with Gasteiger partial charge in [-0.25, -0.2) is 4.98 Å². The zero-order valence-electron chi connectivity index (χ0n) is 16.7. The number of aromatic nitrogens is 4. The fraction of sp³-hybridized carbons (Fsp3) is 0.0833. The molecule has 0 aliphatic rings. The Bertz CT molecular complexity index is 1410. The molecule has 0 amide bonds. The summed E-state index contributed by atoms with van der Waals surface area (Å²) in [5, 5.41) is 9.45. The van der Waals surface area contributed by atoms with Gasteiger partial charge < -0.3 is 4.42 Å². The minimum atomic E-state index is -0.104. The van der Waals surface area contributed by atoms with Crippen LogP contribution >= 0.6 is 11.8 Å². The molecule has 0 aliphatic heterocycles. The lowest BCUT2D eigenvalue weighted by molar-refractivity contribution is 0.528. The van der Waals surface area contributed by atoms with Gasteiger partial charge in [-0.15, -0.1) is 10.2 Å². The molecule has 6 nitrogen and oxygen atoms in total. The van der Waals surface area contributed by atoms with E-state index in [1.54, 1.807) is 10.6 Å². The number of fused-ring (bicyclic) bond motifs is 1. The highest BCUT2D eigenvalue weighted by atomic mass is 32.2. The van der Waals surface area contributed by atoms with Crippen LogP contribution in [-0.4, -0.2) is 19.7 Å². The van der Waals surface area contributed by atoms with E-state index in [0.29, 0.717) is 33.6 Å². The predicted molar refractivity (Wildman–Crippen MR) is 121 cm³/mol. The van der Waals surface area contributed by atoms with Gasteiger partial charge >= 0.3 is 0 Å². The van der Waals surface area contributed by atoms with Crippen molar-refractivity contribution in [3.05, 3.63) is 101 Å². The average molecular weight is 427 g/mol. The van der Waals surface area contributed by atoms with Crippen LogP contribution in [0.4, 0.5) is 0 Å². The maximum atomic E-state index is 13.3. The first-order valence-electron chi connectivity index (χ1n) is 9.78. The first kappa shape index (κ1) is 19.3. The lowest BCUT2D eigenvalue weighted by Crippen LogP contribution is -2.21. The average Bonchev–Trinajstić information content (AvgIpc) is 3.28. The molecule has 0 saturated carbocycles. The van der Waals surface area contributed by atoms with Crippen LogP contribution in [0.25, 0.3) is 28.0 Å². The molecule has 2 heterocycles. The standard InChI is InChI=1S/C24H18N4O2S/c1-16-11-13-18(14-12-16)28-23(29)19-9-5-6-10-20(19)25-24(28)31-15-21-26-27-22(30-21)17-7-3-2-4-8-17/h2-14H,15H2,1H3. The molecule has 5 aromatic rings. The second-order valence-electron chi connectivity index (χ2n) is 7.04. The highest BCUT2D eigenvalue weighted by Gasteiger charge is 2.15. The van der Waals surface area contributed by atoms with Crippen LogP contribution < -0.4 is 5.56 Å². The minimum absolute atomic E-state index is 0.104. The van der Waals surface area contributed by atoms with Crippen molar-refractivity contribution in [3.63, 3.8) is 0 Å². The molecule has 0 atom stereocenters. The zero-order chi connectivity index (χ0) is 21.2. The lowest BCUT2D eigenvalue weighted by atomic mass is 10.2. The Kier molecular flexibility index (Phi) is 5.09. The summed E-state index contributed by atoms with van der Waals surface area (Å²) in [5.41, 5.74) is 3.32. The number of rotatable bonds is 5. The van der Waals surface area contributed by atoms with Gasteiger partial charge in [-0.2, -0.15) is 0 Å². The van der Waals surface area contributed by atoms with Crippen molar-refractivity contribution < 1.29 is 4.42 Å². The van der Waals surface area contributed by atoms with Gasteiger partial charge in [0.05, 0.1) is 22.3 Å². The lowest BCUT2D eigenvalue weighted by Gasteiger charge is -2.13. The topological polar surface area (TPSA) is 73.8 Å². The number of nitrogens with zero attached hydrogens (tertiary/aromatic N) is 4. The maximum Gasteiger partial charge on any atom is 0.266 e. The highest BCUT2D eigenvalue weighted by molar-refractivity contribution is 7.98. The molecule has 0 saturated heterocycles. The zero-order valence-corrected chi connectivity index (χ0v) is 17.5. The number of hydrogen-bond acceptors (Lipinski definition) is 6. The molecule has 0 fully saturated rings. The molecule has 2 aromatic heterocycles. The summed E-state index contributed by atoms with van der Waals surface area (Å²) < 4.78 is 7.45. The molecule has 31 heavy (non-hydrogen) atoms. The van der Waals surface area contributed by atoms with Gasteiger partial charge in [0.2, 0.25) is 11.8 Å². The molecule has 5 rings (SSSR count). The van der Waals surface area contributed by atoms with Crippen molar-refractivity contribution in [1.29, 1.82) is 0 Å². The number of thioether (sulfide) groups is 1. The fourth-order valence-corrected chi connectivity index (χ4v) is 4.12. The van der Waals surface area contributed by atoms with Crippen LogP contribution in [0.1, 0.15) is 11.5 Å². The Morgan fingerprint density at radius 1 is 0.903 bits per heavy atom. The Hall–Kier alpha value is -3.71. The van der Waals surface area contributed by atoms with Crippen molar-refractivity contribution in [2.75, 3.05) is 0 Å². The number of benzene rings is 3. The minimum Gasteiger partial charge on any atom is -0.420 e. The van der Waals surface area contributed by atoms with E-state index in [2.05, 4.69) is 10.2 Å². The van der Waals surface area contributed by atoms with Crippen LogP contribution in [-0.2, 0) is 5.75 Å². The summed E-state index contributed by atoms with van der Waals surface area (Å²) in [6.45, 7) is 2.01. The van der Waals surface area contributed by atoms with E-state index in [1.807, 2.05) is 79.7 Å². The number of hydrogen-bond donors (Lipinski definition) is 0. The van der Waals surface area contributed by atoms with Crippen molar-refractivity contribution in [2.24, 2.45) is 0 Å². The first-order chi connectivity index (χ1) is 15.2. The fourth-order valence-electron chi connectivity index (χ4n) is 3.27. The molecular formula is C24H18N4O2S. The molecule has 0 radical (unpaired) electrons. The smallest absolute Gasteiger partial charge is 0.266 e. The third kappa shape index (κ3) is 3.87. The normalized spacial score (nSPS) is 11.1. The van der Waals surface area contributed by atoms with Gasteiger partial charge in [-0.05, 0) is 43.3 Å². The monoisotopic (exact) mass is 426 g/mol. The molecule has 152 valence electrons. The molecule has 0 unspecified atom stereocenters. The largest absolute Gasteiger partial charge is 0.420 e. The predicted octanol–water partition coefficient (Wildman–Crippen LogP) is 5.04. The van der Waals surface area contributed by atoms with Crippen molar-refractivity contribution in [3.8, 4) is 17.1 Å². The van der Waals surface area contributed by atoms with E-state index in [1.165, 1.54) is 11.8 Å². The van der Waals surface area contributed by atoms with Crippen molar-refractivity contribution in [1.82, 2.24) is 19.7 Å². The third-order valence-corrected chi connectivity index (χ3v) is 5.77. The Morgan fingerprint density at radius 3 is 2.45 bits per heavy atom. The van der Waals surface area contributed by atoms with Gasteiger partial charge in [0.1, 0.15) is 0 Å². The van der Waals surface area contributed by atoms with Crippen LogP contribution in [0.5, 0.6) is 0 Å². The van der Waals surface area contributed by atoms with E-state index >= 15 is 0 Å². The van der Waals surface area contributed by atoms with E-state index in [0.717, 1.165) is 16.8 Å². The molecule has 7 heteroatoms. The molecule has 0 bridgehead atoms. The van der Waals surface area contributed by atoms with Crippen molar-refractivity contribution >= 4 is 22.7 Å². The first-order valence-corrected chi connectivity index (χ1v) is 10.8. The van der Waals surface area contributed by atoms with Crippen LogP contribution in [0.2, 0.25) is 0 Å². The van der Waals surface area contributed by atoms with E-state index in [-0.39, 0.29) is 5.56 Å². The summed E-state index contributed by atoms with van der Waals surface area (Å²) in [5.74, 6) is 1.34. The van der Waals surface area contributed by atoms with Gasteiger partial charge in [0.25, 0.3) is 5.56 Å². The third-order valence-electron chi connectivity index (χ3n) is 4.85. The van der Waals surface area contributed by atoms with Crippen LogP contribution in [0.15, 0.2) is 93.2 Å². The van der Waals surface area contributed by atoms with Gasteiger partial charge in [-0.3, -0.25) is 9.36 Å². The SMILES string of the molecule is Cc1ccc(-n2c(SCc3nnc(-c4ccccc4)o3)nc3ccccc3c2=O)cc1. The second-order valence-corrected chi connectivity index (χ2v) is 7.99. The Labute approximate surface area is 182 Å². The highest BCUT2D eigenvalue weighted by Crippen LogP contribution is 2.26. The number of para-hydroxylation sites is 1. The van der Waals surface area contributed by atoms with Crippen LogP contribution in [0.3, 0.4) is 0 Å². The van der Waals surface area contributed by atoms with Crippen molar-refractivity contribution in [2.45, 2.75) is 17.8 Å². The molecule has 3 aromatic carbocycles. The van der Waals surface area contributed by atoms with E-state index in [4.69, 9.17) is 9.40 Å². The summed E-state index contributed by atoms with van der Waals surface area (Å²) >= 11 is 1.39. The summed E-state index contributed by atoms with van der Waals surface area (Å²) in [6, 6.07) is 24.8. The van der Waals surface area contributed by atoms with Gasteiger partial charge in [-0.1, -0.05) is 59.8 Å². The van der Waals surface area contributed by atoms with Gasteiger partial charge in [0.15, 0.2) is 5.16 Å². The molecule has 0 N–H and O–H groups in total. The molecule has 0 spiro atoms. The maximum absolute atomic E-state index is 13.3. The Balaban J connectivity index is 1.52.